The van der Waals surface area contributed by atoms with Crippen LogP contribution in [0.25, 0.3) is 5.57 Å². The molecule has 6 heteroatoms. The maximum Gasteiger partial charge on any atom is 0.151 e. The number of anilines is 1. The first-order valence-electron chi connectivity index (χ1n) is 5.57. The Labute approximate surface area is 100.0 Å². The number of hydrogen-bond acceptors (Lipinski definition) is 5. The lowest BCUT2D eigenvalue weighted by molar-refractivity contribution is 0.122. The minimum atomic E-state index is 0.608. The Morgan fingerprint density at radius 1 is 1.59 bits per heavy atom. The van der Waals surface area contributed by atoms with Crippen molar-refractivity contribution < 1.29 is 4.74 Å². The van der Waals surface area contributed by atoms with Gasteiger partial charge in [-0.2, -0.15) is 5.10 Å². The fourth-order valence-electron chi connectivity index (χ4n) is 1.81. The molecule has 17 heavy (non-hydrogen) atoms. The van der Waals surface area contributed by atoms with Crippen molar-refractivity contribution >= 4 is 17.6 Å². The van der Waals surface area contributed by atoms with Crippen molar-refractivity contribution in [3.05, 3.63) is 17.5 Å². The molecule has 1 saturated heterocycles. The van der Waals surface area contributed by atoms with Crippen LogP contribution in [0.3, 0.4) is 0 Å². The molecule has 4 N–H and O–H groups in total. The lowest BCUT2D eigenvalue weighted by atomic mass is 10.1. The number of hydrogen-bond donors (Lipinski definition) is 3. The molecule has 0 radical (unpaired) electrons. The summed E-state index contributed by atoms with van der Waals surface area (Å²) in [5.74, 6) is 0.879. The van der Waals surface area contributed by atoms with Crippen molar-refractivity contribution in [3.63, 3.8) is 0 Å². The van der Waals surface area contributed by atoms with Gasteiger partial charge in [-0.3, -0.25) is 5.10 Å². The predicted molar refractivity (Wildman–Crippen MR) is 67.2 cm³/mol. The normalized spacial score (nSPS) is 17.8. The molecule has 0 atom stereocenters. The SMILES string of the molecule is C/C(N)=C(\C=N)c1cc(N2CCOCC2)n[nH]1. The summed E-state index contributed by atoms with van der Waals surface area (Å²) in [4.78, 5) is 2.15. The van der Waals surface area contributed by atoms with E-state index < -0.39 is 0 Å². The van der Waals surface area contributed by atoms with Crippen molar-refractivity contribution in [1.82, 2.24) is 10.2 Å². The molecule has 2 heterocycles. The first-order valence-corrected chi connectivity index (χ1v) is 5.57. The molecule has 92 valence electrons. The minimum absolute atomic E-state index is 0.608. The van der Waals surface area contributed by atoms with Crippen LogP contribution in [0, 0.1) is 5.41 Å². The fraction of sp³-hybridized carbons (Fsp3) is 0.455. The first-order chi connectivity index (χ1) is 8.22. The molecule has 0 aromatic carbocycles. The number of ether oxygens (including phenoxy) is 1. The van der Waals surface area contributed by atoms with Gasteiger partial charge in [-0.15, -0.1) is 0 Å². The van der Waals surface area contributed by atoms with Gasteiger partial charge < -0.3 is 20.8 Å². The molecule has 1 aromatic heterocycles. The topological polar surface area (TPSA) is 91.0 Å². The summed E-state index contributed by atoms with van der Waals surface area (Å²) in [7, 11) is 0. The monoisotopic (exact) mass is 235 g/mol. The van der Waals surface area contributed by atoms with Gasteiger partial charge in [0.05, 0.1) is 18.9 Å². The second-order valence-electron chi connectivity index (χ2n) is 3.98. The summed E-state index contributed by atoms with van der Waals surface area (Å²) in [5.41, 5.74) is 7.78. The molecule has 1 aliphatic heterocycles. The van der Waals surface area contributed by atoms with Gasteiger partial charge >= 0.3 is 0 Å². The molecule has 0 unspecified atom stereocenters. The molecule has 0 bridgehead atoms. The highest BCUT2D eigenvalue weighted by Crippen LogP contribution is 2.19. The van der Waals surface area contributed by atoms with E-state index in [1.54, 1.807) is 6.92 Å². The number of nitrogens with two attached hydrogens (primary N) is 1. The van der Waals surface area contributed by atoms with Crippen molar-refractivity contribution in [1.29, 1.82) is 5.41 Å². The van der Waals surface area contributed by atoms with E-state index >= 15 is 0 Å². The van der Waals surface area contributed by atoms with Crippen LogP contribution < -0.4 is 10.6 Å². The van der Waals surface area contributed by atoms with Crippen molar-refractivity contribution in [3.8, 4) is 0 Å². The summed E-state index contributed by atoms with van der Waals surface area (Å²) in [6.45, 7) is 4.91. The molecule has 6 nitrogen and oxygen atoms in total. The van der Waals surface area contributed by atoms with Crippen LogP contribution in [-0.4, -0.2) is 42.7 Å². The van der Waals surface area contributed by atoms with Crippen LogP contribution in [0.5, 0.6) is 0 Å². The first kappa shape index (κ1) is 11.7. The van der Waals surface area contributed by atoms with Crippen LogP contribution in [-0.2, 0) is 4.74 Å². The zero-order valence-electron chi connectivity index (χ0n) is 9.86. The zero-order valence-corrected chi connectivity index (χ0v) is 9.86. The Morgan fingerprint density at radius 3 is 2.88 bits per heavy atom. The lowest BCUT2D eigenvalue weighted by Gasteiger charge is -2.26. The Morgan fingerprint density at radius 2 is 2.29 bits per heavy atom. The molecule has 1 fully saturated rings. The number of H-pyrrole nitrogens is 1. The van der Waals surface area contributed by atoms with E-state index in [-0.39, 0.29) is 0 Å². The third-order valence-corrected chi connectivity index (χ3v) is 2.76. The quantitative estimate of drug-likeness (QED) is 0.668. The minimum Gasteiger partial charge on any atom is -0.402 e. The number of morpholine rings is 1. The Balaban J connectivity index is 2.20. The van der Waals surface area contributed by atoms with E-state index in [9.17, 15) is 0 Å². The van der Waals surface area contributed by atoms with Gasteiger partial charge in [0, 0.05) is 36.6 Å². The van der Waals surface area contributed by atoms with Crippen LogP contribution in [0.15, 0.2) is 11.8 Å². The van der Waals surface area contributed by atoms with E-state index in [1.807, 2.05) is 6.07 Å². The highest BCUT2D eigenvalue weighted by molar-refractivity contribution is 6.08. The van der Waals surface area contributed by atoms with Crippen molar-refractivity contribution in [2.24, 2.45) is 5.73 Å². The van der Waals surface area contributed by atoms with Crippen molar-refractivity contribution in [2.75, 3.05) is 31.2 Å². The van der Waals surface area contributed by atoms with E-state index in [4.69, 9.17) is 15.9 Å². The molecular weight excluding hydrogens is 218 g/mol. The lowest BCUT2D eigenvalue weighted by Crippen LogP contribution is -2.36. The Hall–Kier alpha value is -1.82. The van der Waals surface area contributed by atoms with Gasteiger partial charge in [0.1, 0.15) is 0 Å². The molecule has 0 amide bonds. The van der Waals surface area contributed by atoms with Gasteiger partial charge in [0.25, 0.3) is 0 Å². The maximum absolute atomic E-state index is 7.34. The number of nitrogens with zero attached hydrogens (tertiary/aromatic N) is 2. The van der Waals surface area contributed by atoms with E-state index in [0.717, 1.165) is 37.8 Å². The second-order valence-corrected chi connectivity index (χ2v) is 3.98. The van der Waals surface area contributed by atoms with E-state index in [0.29, 0.717) is 11.3 Å². The van der Waals surface area contributed by atoms with Gasteiger partial charge in [0.2, 0.25) is 0 Å². The summed E-state index contributed by atoms with van der Waals surface area (Å²) < 4.78 is 5.29. The average Bonchev–Trinajstić information content (AvgIpc) is 2.80. The molecule has 1 aliphatic rings. The predicted octanol–water partition coefficient (Wildman–Crippen LogP) is 0.586. The molecule has 1 aromatic rings. The van der Waals surface area contributed by atoms with Crippen LogP contribution in [0.4, 0.5) is 5.82 Å². The second kappa shape index (κ2) is 5.01. The summed E-state index contributed by atoms with van der Waals surface area (Å²) >= 11 is 0. The molecule has 0 spiro atoms. The largest absolute Gasteiger partial charge is 0.402 e. The fourth-order valence-corrected chi connectivity index (χ4v) is 1.81. The van der Waals surface area contributed by atoms with E-state index in [2.05, 4.69) is 15.1 Å². The molecule has 2 rings (SSSR count). The number of allylic oxidation sites excluding steroid dienone is 2. The highest BCUT2D eigenvalue weighted by atomic mass is 16.5. The number of aromatic nitrogens is 2. The van der Waals surface area contributed by atoms with Crippen LogP contribution >= 0.6 is 0 Å². The summed E-state index contributed by atoms with van der Waals surface area (Å²) in [6, 6.07) is 1.92. The summed E-state index contributed by atoms with van der Waals surface area (Å²) in [6.07, 6.45) is 1.24. The molecular formula is C11H17N5O. The standard InChI is InChI=1S/C11H17N5O/c1-8(13)9(7-12)10-6-11(15-14-10)16-2-4-17-5-3-16/h6-7,12H,2-5,13H2,1H3,(H,14,15)/b9-8-,12-7?. The van der Waals surface area contributed by atoms with Crippen molar-refractivity contribution in [2.45, 2.75) is 6.92 Å². The highest BCUT2D eigenvalue weighted by Gasteiger charge is 2.15. The van der Waals surface area contributed by atoms with Crippen LogP contribution in [0.2, 0.25) is 0 Å². The van der Waals surface area contributed by atoms with Gasteiger partial charge in [0.15, 0.2) is 5.82 Å². The zero-order chi connectivity index (χ0) is 12.3. The van der Waals surface area contributed by atoms with E-state index in [1.165, 1.54) is 6.21 Å². The van der Waals surface area contributed by atoms with Crippen LogP contribution in [0.1, 0.15) is 12.6 Å². The average molecular weight is 235 g/mol. The molecule has 0 saturated carbocycles. The third-order valence-electron chi connectivity index (χ3n) is 2.76. The Kier molecular flexibility index (Phi) is 3.43. The molecule has 0 aliphatic carbocycles. The summed E-state index contributed by atoms with van der Waals surface area (Å²) in [5, 5.41) is 14.5. The van der Waals surface area contributed by atoms with Gasteiger partial charge in [-0.25, -0.2) is 0 Å². The number of rotatable bonds is 3. The van der Waals surface area contributed by atoms with Gasteiger partial charge in [-0.1, -0.05) is 0 Å². The third kappa shape index (κ3) is 2.47. The number of nitrogens with one attached hydrogen (secondary N) is 2. The Bertz CT molecular complexity index is 427. The smallest absolute Gasteiger partial charge is 0.151 e. The number of aromatic amines is 1. The van der Waals surface area contributed by atoms with Gasteiger partial charge in [-0.05, 0) is 6.92 Å². The maximum atomic E-state index is 7.34.